The van der Waals surface area contributed by atoms with Gasteiger partial charge in [0.15, 0.2) is 0 Å². The summed E-state index contributed by atoms with van der Waals surface area (Å²) in [6.45, 7) is 13.0. The van der Waals surface area contributed by atoms with Gasteiger partial charge in [0.2, 0.25) is 0 Å². The largest absolute Gasteiger partial charge is 0.496 e. The molecule has 25 heavy (non-hydrogen) atoms. The second kappa shape index (κ2) is 8.90. The number of methoxy groups -OCH3 is 1. The molecule has 0 aromatic heterocycles. The van der Waals surface area contributed by atoms with Crippen LogP contribution in [0.5, 0.6) is 5.75 Å². The molecule has 1 aromatic carbocycles. The molecule has 1 rings (SSSR count). The quantitative estimate of drug-likeness (QED) is 0.689. The van der Waals surface area contributed by atoms with E-state index < -0.39 is 11.7 Å². The van der Waals surface area contributed by atoms with Gasteiger partial charge < -0.3 is 20.1 Å². The highest BCUT2D eigenvalue weighted by Crippen LogP contribution is 2.24. The van der Waals surface area contributed by atoms with Gasteiger partial charge in [-0.1, -0.05) is 29.8 Å². The topological polar surface area (TPSA) is 59.6 Å². The normalized spacial score (nSPS) is 14.1. The molecule has 0 spiro atoms. The van der Waals surface area contributed by atoms with Crippen molar-refractivity contribution in [1.29, 1.82) is 0 Å². The smallest absolute Gasteiger partial charge is 0.407 e. The summed E-state index contributed by atoms with van der Waals surface area (Å²) < 4.78 is 11.8. The number of carbonyl (C=O) groups is 1. The summed E-state index contributed by atoms with van der Waals surface area (Å²) in [5.74, 6) is 1.14. The molecule has 0 radical (unpaired) electrons. The number of alkyl carbamates (subject to hydrolysis) is 1. The molecule has 0 fully saturated rings. The van der Waals surface area contributed by atoms with Crippen molar-refractivity contribution in [2.45, 2.75) is 59.2 Å². The predicted molar refractivity (Wildman–Crippen MR) is 105 cm³/mol. The number of ether oxygens (including phenoxy) is 2. The number of hydrogen-bond acceptors (Lipinski definition) is 4. The Morgan fingerprint density at radius 2 is 1.88 bits per heavy atom. The van der Waals surface area contributed by atoms with Crippen molar-refractivity contribution in [3.05, 3.63) is 28.2 Å². The third kappa shape index (κ3) is 7.24. The van der Waals surface area contributed by atoms with Crippen LogP contribution < -0.4 is 15.4 Å². The lowest BCUT2D eigenvalue weighted by molar-refractivity contribution is 0.0503. The fourth-order valence-corrected chi connectivity index (χ4v) is 2.63. The van der Waals surface area contributed by atoms with Gasteiger partial charge in [-0.3, -0.25) is 0 Å². The molecule has 0 aliphatic carbocycles. The zero-order valence-corrected chi connectivity index (χ0v) is 17.9. The first kappa shape index (κ1) is 21.8. The van der Waals surface area contributed by atoms with Crippen LogP contribution in [0.4, 0.5) is 4.79 Å². The minimum absolute atomic E-state index is 0.287. The van der Waals surface area contributed by atoms with Crippen molar-refractivity contribution in [1.82, 2.24) is 10.6 Å². The van der Waals surface area contributed by atoms with Gasteiger partial charge in [-0.05, 0) is 51.8 Å². The molecule has 0 aliphatic rings. The molecule has 0 bridgehead atoms. The average molecular weight is 415 g/mol. The second-order valence-corrected chi connectivity index (χ2v) is 8.65. The third-order valence-corrected chi connectivity index (χ3v) is 4.69. The van der Waals surface area contributed by atoms with Crippen LogP contribution in [0.1, 0.15) is 47.1 Å². The van der Waals surface area contributed by atoms with E-state index in [-0.39, 0.29) is 5.54 Å². The highest BCUT2D eigenvalue weighted by Gasteiger charge is 2.29. The molecule has 1 aromatic rings. The highest BCUT2D eigenvalue weighted by molar-refractivity contribution is 9.10. The lowest BCUT2D eigenvalue weighted by Gasteiger charge is -2.36. The Hall–Kier alpha value is -1.27. The zero-order chi connectivity index (χ0) is 19.3. The molecular weight excluding hydrogens is 384 g/mol. The summed E-state index contributed by atoms with van der Waals surface area (Å²) in [5.41, 5.74) is 0.264. The van der Waals surface area contributed by atoms with Crippen molar-refractivity contribution in [3.63, 3.8) is 0 Å². The molecule has 0 saturated heterocycles. The first-order valence-corrected chi connectivity index (χ1v) is 9.30. The van der Waals surface area contributed by atoms with E-state index in [1.165, 1.54) is 0 Å². The number of rotatable bonds is 7. The number of benzene rings is 1. The van der Waals surface area contributed by atoms with Gasteiger partial charge in [0, 0.05) is 28.7 Å². The number of halogens is 1. The Kier molecular flexibility index (Phi) is 7.75. The monoisotopic (exact) mass is 414 g/mol. The summed E-state index contributed by atoms with van der Waals surface area (Å²) in [6.07, 6.45) is -0.402. The van der Waals surface area contributed by atoms with E-state index in [2.05, 4.69) is 47.3 Å². The minimum Gasteiger partial charge on any atom is -0.496 e. The van der Waals surface area contributed by atoms with Crippen molar-refractivity contribution in [3.8, 4) is 5.75 Å². The number of carbonyl (C=O) groups excluding carboxylic acids is 1. The molecule has 1 unspecified atom stereocenters. The van der Waals surface area contributed by atoms with Crippen LogP contribution in [0.2, 0.25) is 0 Å². The van der Waals surface area contributed by atoms with Gasteiger partial charge in [0.1, 0.15) is 11.4 Å². The van der Waals surface area contributed by atoms with Crippen LogP contribution in [0, 0.1) is 5.92 Å². The van der Waals surface area contributed by atoms with Crippen molar-refractivity contribution in [2.75, 3.05) is 13.7 Å². The number of amides is 1. The molecule has 0 heterocycles. The van der Waals surface area contributed by atoms with Crippen LogP contribution in [-0.2, 0) is 11.3 Å². The zero-order valence-electron chi connectivity index (χ0n) is 16.3. The Bertz CT molecular complexity index is 585. The van der Waals surface area contributed by atoms with E-state index in [9.17, 15) is 4.79 Å². The van der Waals surface area contributed by atoms with Gasteiger partial charge in [-0.2, -0.15) is 0 Å². The molecule has 0 aliphatic heterocycles. The maximum atomic E-state index is 12.0. The first-order valence-electron chi connectivity index (χ1n) is 8.51. The lowest BCUT2D eigenvalue weighted by Crippen LogP contribution is -2.55. The molecular formula is C19H31BrN2O3. The van der Waals surface area contributed by atoms with Crippen LogP contribution in [-0.4, -0.2) is 30.9 Å². The fourth-order valence-electron chi connectivity index (χ4n) is 2.22. The van der Waals surface area contributed by atoms with Crippen molar-refractivity contribution in [2.24, 2.45) is 5.92 Å². The van der Waals surface area contributed by atoms with Crippen molar-refractivity contribution < 1.29 is 14.3 Å². The lowest BCUT2D eigenvalue weighted by atomic mass is 9.88. The molecule has 5 nitrogen and oxygen atoms in total. The summed E-state index contributed by atoms with van der Waals surface area (Å²) in [6, 6.07) is 5.93. The Morgan fingerprint density at radius 3 is 2.40 bits per heavy atom. The maximum absolute atomic E-state index is 12.0. The summed E-state index contributed by atoms with van der Waals surface area (Å²) in [4.78, 5) is 12.0. The van der Waals surface area contributed by atoms with Gasteiger partial charge >= 0.3 is 6.09 Å². The first-order chi connectivity index (χ1) is 11.5. The Balaban J connectivity index is 2.76. The third-order valence-electron chi connectivity index (χ3n) is 4.20. The van der Waals surface area contributed by atoms with E-state index in [4.69, 9.17) is 9.47 Å². The Labute approximate surface area is 160 Å². The molecule has 0 saturated carbocycles. The second-order valence-electron chi connectivity index (χ2n) is 7.74. The molecule has 142 valence electrons. The van der Waals surface area contributed by atoms with Crippen LogP contribution in [0.3, 0.4) is 0 Å². The molecule has 1 atom stereocenters. The maximum Gasteiger partial charge on any atom is 0.407 e. The summed E-state index contributed by atoms with van der Waals surface area (Å²) >= 11 is 3.50. The van der Waals surface area contributed by atoms with E-state index >= 15 is 0 Å². The highest BCUT2D eigenvalue weighted by atomic mass is 79.9. The fraction of sp³-hybridized carbons (Fsp3) is 0.632. The van der Waals surface area contributed by atoms with Crippen molar-refractivity contribution >= 4 is 22.0 Å². The van der Waals surface area contributed by atoms with E-state index in [1.54, 1.807) is 7.11 Å². The predicted octanol–water partition coefficient (Wildman–Crippen LogP) is 4.49. The SMILES string of the molecule is COc1ccc(Br)cc1CNC(C)(CNC(=O)OC(C)(C)C)C(C)C. The minimum atomic E-state index is -0.505. The van der Waals surface area contributed by atoms with Crippen LogP contribution in [0.25, 0.3) is 0 Å². The van der Waals surface area contributed by atoms with Crippen LogP contribution >= 0.6 is 15.9 Å². The average Bonchev–Trinajstić information content (AvgIpc) is 2.49. The van der Waals surface area contributed by atoms with Gasteiger partial charge in [0.25, 0.3) is 0 Å². The summed E-state index contributed by atoms with van der Waals surface area (Å²) in [5, 5.41) is 6.43. The van der Waals surface area contributed by atoms with Gasteiger partial charge in [-0.15, -0.1) is 0 Å². The Morgan fingerprint density at radius 1 is 1.24 bits per heavy atom. The molecule has 1 amide bonds. The number of nitrogens with one attached hydrogen (secondary N) is 2. The van der Waals surface area contributed by atoms with Gasteiger partial charge in [-0.25, -0.2) is 4.79 Å². The molecule has 6 heteroatoms. The van der Waals surface area contributed by atoms with Gasteiger partial charge in [0.05, 0.1) is 7.11 Å². The van der Waals surface area contributed by atoms with E-state index in [0.717, 1.165) is 15.8 Å². The van der Waals surface area contributed by atoms with Crippen LogP contribution in [0.15, 0.2) is 22.7 Å². The van der Waals surface area contributed by atoms with E-state index in [1.807, 2.05) is 39.0 Å². The summed E-state index contributed by atoms with van der Waals surface area (Å²) in [7, 11) is 1.67. The number of hydrogen-bond donors (Lipinski definition) is 2. The van der Waals surface area contributed by atoms with E-state index in [0.29, 0.717) is 19.0 Å². The standard InChI is InChI=1S/C19H31BrN2O3/c1-13(2)19(6,12-21-17(23)25-18(3,4)5)22-11-14-10-15(20)8-9-16(14)24-7/h8-10,13,22H,11-12H2,1-7H3,(H,21,23). The molecule has 2 N–H and O–H groups in total.